The molecule has 2 nitrogen and oxygen atoms in total. The molecule has 0 radical (unpaired) electrons. The highest BCUT2D eigenvalue weighted by atomic mass is 32.2. The molecular formula is C21H37NOS. The lowest BCUT2D eigenvalue weighted by atomic mass is 9.80. The highest BCUT2D eigenvalue weighted by molar-refractivity contribution is 8.03. The van der Waals surface area contributed by atoms with Crippen molar-refractivity contribution in [1.82, 2.24) is 5.32 Å². The van der Waals surface area contributed by atoms with Crippen LogP contribution in [0.15, 0.2) is 10.7 Å². The van der Waals surface area contributed by atoms with Gasteiger partial charge in [0.25, 0.3) is 0 Å². The molecule has 0 aromatic carbocycles. The smallest absolute Gasteiger partial charge is 0.102 e. The van der Waals surface area contributed by atoms with Gasteiger partial charge in [0.1, 0.15) is 5.76 Å². The zero-order valence-corrected chi connectivity index (χ0v) is 16.8. The molecule has 5 atom stereocenters. The predicted molar refractivity (Wildman–Crippen MR) is 105 cm³/mol. The zero-order valence-electron chi connectivity index (χ0n) is 15.9. The van der Waals surface area contributed by atoms with Gasteiger partial charge in [-0.15, -0.1) is 11.8 Å². The average Bonchev–Trinajstić information content (AvgIpc) is 3.34. The first-order valence-electron chi connectivity index (χ1n) is 10.3. The Kier molecular flexibility index (Phi) is 6.24. The van der Waals surface area contributed by atoms with Crippen molar-refractivity contribution < 1.29 is 5.11 Å². The van der Waals surface area contributed by atoms with E-state index in [4.69, 9.17) is 0 Å². The van der Waals surface area contributed by atoms with Crippen LogP contribution in [0.5, 0.6) is 0 Å². The molecule has 0 aliphatic heterocycles. The van der Waals surface area contributed by atoms with Crippen LogP contribution in [0.4, 0.5) is 0 Å². The van der Waals surface area contributed by atoms with Gasteiger partial charge in [-0.25, -0.2) is 0 Å². The fourth-order valence-electron chi connectivity index (χ4n) is 5.38. The summed E-state index contributed by atoms with van der Waals surface area (Å²) in [5.74, 6) is 3.10. The molecule has 0 heterocycles. The van der Waals surface area contributed by atoms with Gasteiger partial charge in [-0.2, -0.15) is 0 Å². The molecule has 2 saturated carbocycles. The van der Waals surface area contributed by atoms with E-state index in [0.29, 0.717) is 11.3 Å². The van der Waals surface area contributed by atoms with E-state index < -0.39 is 0 Å². The summed E-state index contributed by atoms with van der Waals surface area (Å²) >= 11 is 2.08. The highest BCUT2D eigenvalue weighted by Gasteiger charge is 2.60. The van der Waals surface area contributed by atoms with Crippen LogP contribution in [0.3, 0.4) is 0 Å². The number of hydrogen-bond donors (Lipinski definition) is 2. The van der Waals surface area contributed by atoms with Gasteiger partial charge in [0.05, 0.1) is 0 Å². The second-order valence-electron chi connectivity index (χ2n) is 8.64. The number of fused-ring (bicyclic) bond motifs is 1. The van der Waals surface area contributed by atoms with Gasteiger partial charge in [-0.1, -0.05) is 26.7 Å². The second-order valence-corrected chi connectivity index (χ2v) is 9.98. The van der Waals surface area contributed by atoms with Crippen molar-refractivity contribution in [1.29, 1.82) is 0 Å². The molecule has 2 fully saturated rings. The molecule has 2 N–H and O–H groups in total. The summed E-state index contributed by atoms with van der Waals surface area (Å²) in [7, 11) is 2.06. The monoisotopic (exact) mass is 351 g/mol. The van der Waals surface area contributed by atoms with E-state index in [1.165, 1.54) is 62.7 Å². The Labute approximate surface area is 153 Å². The first kappa shape index (κ1) is 18.6. The van der Waals surface area contributed by atoms with Gasteiger partial charge in [0, 0.05) is 16.6 Å². The van der Waals surface area contributed by atoms with E-state index in [1.807, 2.05) is 0 Å². The summed E-state index contributed by atoms with van der Waals surface area (Å²) in [6, 6.07) is 0. The number of hydrogen-bond acceptors (Lipinski definition) is 3. The minimum atomic E-state index is 0.502. The molecule has 3 aliphatic rings. The Bertz CT molecular complexity index is 463. The minimum absolute atomic E-state index is 0.502. The number of aliphatic hydroxyl groups is 1. The second kappa shape index (κ2) is 8.03. The summed E-state index contributed by atoms with van der Waals surface area (Å²) in [6.45, 7) is 5.90. The van der Waals surface area contributed by atoms with E-state index >= 15 is 0 Å². The lowest BCUT2D eigenvalue weighted by molar-refractivity contribution is 0.247. The number of rotatable bonds is 6. The molecule has 24 heavy (non-hydrogen) atoms. The quantitative estimate of drug-likeness (QED) is 0.585. The molecule has 3 aliphatic carbocycles. The lowest BCUT2D eigenvalue weighted by Crippen LogP contribution is -2.22. The van der Waals surface area contributed by atoms with Gasteiger partial charge in [-0.3, -0.25) is 0 Å². The number of aliphatic hydroxyl groups excluding tert-OH is 1. The first-order chi connectivity index (χ1) is 11.6. The summed E-state index contributed by atoms with van der Waals surface area (Å²) in [6.07, 6.45) is 12.8. The van der Waals surface area contributed by atoms with Gasteiger partial charge in [0.2, 0.25) is 0 Å². The predicted octanol–water partition coefficient (Wildman–Crippen LogP) is 5.89. The molecule has 0 aromatic rings. The zero-order chi connectivity index (χ0) is 17.2. The Hall–Kier alpha value is -0.150. The Morgan fingerprint density at radius 3 is 2.79 bits per heavy atom. The molecule has 2 unspecified atom stereocenters. The van der Waals surface area contributed by atoms with Crippen LogP contribution >= 0.6 is 11.8 Å². The van der Waals surface area contributed by atoms with Gasteiger partial charge in [0.15, 0.2) is 0 Å². The number of thioether (sulfide) groups is 1. The molecule has 3 rings (SSSR count). The normalized spacial score (nSPS) is 40.0. The maximum atomic E-state index is 10.8. The minimum Gasteiger partial charge on any atom is -0.511 e. The molecule has 0 aromatic heterocycles. The van der Waals surface area contributed by atoms with Crippen molar-refractivity contribution in [3.05, 3.63) is 10.7 Å². The number of allylic oxidation sites excluding steroid dienone is 2. The van der Waals surface area contributed by atoms with Gasteiger partial charge < -0.3 is 10.4 Å². The van der Waals surface area contributed by atoms with Crippen molar-refractivity contribution in [2.45, 2.75) is 83.3 Å². The van der Waals surface area contributed by atoms with Crippen LogP contribution in [0.25, 0.3) is 0 Å². The maximum absolute atomic E-state index is 10.8. The average molecular weight is 352 g/mol. The van der Waals surface area contributed by atoms with E-state index in [-0.39, 0.29) is 0 Å². The highest BCUT2D eigenvalue weighted by Crippen LogP contribution is 2.69. The molecular weight excluding hydrogens is 314 g/mol. The van der Waals surface area contributed by atoms with E-state index in [2.05, 4.69) is 38.0 Å². The van der Waals surface area contributed by atoms with Crippen LogP contribution in [-0.4, -0.2) is 23.9 Å². The molecule has 0 spiro atoms. The Morgan fingerprint density at radius 2 is 2.04 bits per heavy atom. The molecule has 0 amide bonds. The van der Waals surface area contributed by atoms with Crippen LogP contribution in [-0.2, 0) is 0 Å². The van der Waals surface area contributed by atoms with Crippen LogP contribution in [0.2, 0.25) is 0 Å². The van der Waals surface area contributed by atoms with E-state index in [1.54, 1.807) is 0 Å². The Morgan fingerprint density at radius 1 is 1.21 bits per heavy atom. The van der Waals surface area contributed by atoms with Crippen LogP contribution in [0.1, 0.15) is 78.1 Å². The summed E-state index contributed by atoms with van der Waals surface area (Å²) < 4.78 is 0. The summed E-state index contributed by atoms with van der Waals surface area (Å²) in [5.41, 5.74) is 0.502. The third-order valence-electron chi connectivity index (χ3n) is 7.16. The fourth-order valence-corrected chi connectivity index (χ4v) is 7.00. The SMILES string of the molecule is CC[C@@]12C[C@H]1C(S[C@@H]1CCCC(C)CC1)=C(O)CCC2CCNC. The molecule has 0 bridgehead atoms. The third-order valence-corrected chi connectivity index (χ3v) is 8.74. The van der Waals surface area contributed by atoms with Crippen LogP contribution in [0, 0.1) is 23.2 Å². The Balaban J connectivity index is 1.69. The summed E-state index contributed by atoms with van der Waals surface area (Å²) in [4.78, 5) is 1.41. The van der Waals surface area contributed by atoms with Crippen molar-refractivity contribution >= 4 is 11.8 Å². The van der Waals surface area contributed by atoms with Crippen LogP contribution < -0.4 is 5.32 Å². The largest absolute Gasteiger partial charge is 0.511 e. The maximum Gasteiger partial charge on any atom is 0.102 e. The fraction of sp³-hybridized carbons (Fsp3) is 0.905. The number of nitrogens with one attached hydrogen (secondary N) is 1. The van der Waals surface area contributed by atoms with E-state index in [0.717, 1.165) is 35.8 Å². The standard InChI is InChI=1S/C21H37NOS/c1-4-21-14-18(21)20(19(23)11-9-16(21)12-13-22-3)24-17-7-5-6-15(2)8-10-17/h15-18,22-23H,4-14H2,1-3H3/t15?,16?,17-,18+,21+/m1/s1. The third kappa shape index (κ3) is 3.82. The van der Waals surface area contributed by atoms with Gasteiger partial charge in [-0.05, 0) is 81.7 Å². The first-order valence-corrected chi connectivity index (χ1v) is 11.2. The molecule has 138 valence electrons. The van der Waals surface area contributed by atoms with Crippen molar-refractivity contribution in [2.24, 2.45) is 23.2 Å². The molecule has 0 saturated heterocycles. The topological polar surface area (TPSA) is 32.3 Å². The van der Waals surface area contributed by atoms with Crippen molar-refractivity contribution in [3.8, 4) is 0 Å². The lowest BCUT2D eigenvalue weighted by Gasteiger charge is -2.26. The van der Waals surface area contributed by atoms with Gasteiger partial charge >= 0.3 is 0 Å². The van der Waals surface area contributed by atoms with Crippen molar-refractivity contribution in [2.75, 3.05) is 13.6 Å². The summed E-state index contributed by atoms with van der Waals surface area (Å²) in [5, 5.41) is 14.9. The van der Waals surface area contributed by atoms with E-state index in [9.17, 15) is 5.11 Å². The van der Waals surface area contributed by atoms with Crippen molar-refractivity contribution in [3.63, 3.8) is 0 Å². The molecule has 3 heteroatoms.